The van der Waals surface area contributed by atoms with Gasteiger partial charge in [0.2, 0.25) is 0 Å². The predicted molar refractivity (Wildman–Crippen MR) is 75.4 cm³/mol. The molecule has 0 aliphatic carbocycles. The summed E-state index contributed by atoms with van der Waals surface area (Å²) in [5, 5.41) is 3.51. The molecule has 0 atom stereocenters. The van der Waals surface area contributed by atoms with E-state index in [-0.39, 0.29) is 5.91 Å². The Bertz CT molecular complexity index is 619. The lowest BCUT2D eigenvalue weighted by Gasteiger charge is -2.06. The van der Waals surface area contributed by atoms with Gasteiger partial charge < -0.3 is 5.32 Å². The van der Waals surface area contributed by atoms with Gasteiger partial charge in [-0.2, -0.15) is 0 Å². The van der Waals surface area contributed by atoms with Crippen LogP contribution < -0.4 is 9.88 Å². The maximum atomic E-state index is 12.3. The number of carbonyl (C=O) groups is 1. The molecule has 0 aliphatic rings. The van der Waals surface area contributed by atoms with E-state index in [1.54, 1.807) is 10.6 Å². The lowest BCUT2D eigenvalue weighted by molar-refractivity contribution is -0.672. The summed E-state index contributed by atoms with van der Waals surface area (Å²) in [5.41, 5.74) is 1.69. The monoisotopic (exact) mass is 278 g/mol. The number of hydrogen-bond donors (Lipinski definition) is 1. The SMILES string of the molecule is CCn1cc[n+](C)c1C(=O)Nc1ccc(C)c(Cl)c1. The molecule has 0 spiro atoms. The Labute approximate surface area is 117 Å². The number of nitrogens with one attached hydrogen (secondary N) is 1. The van der Waals surface area contributed by atoms with Crippen LogP contribution in [0.2, 0.25) is 5.02 Å². The van der Waals surface area contributed by atoms with Crippen LogP contribution in [0, 0.1) is 6.92 Å². The summed E-state index contributed by atoms with van der Waals surface area (Å²) in [6, 6.07) is 5.49. The van der Waals surface area contributed by atoms with Crippen molar-refractivity contribution >= 4 is 23.2 Å². The fourth-order valence-corrected chi connectivity index (χ4v) is 2.11. The third-order valence-corrected chi connectivity index (χ3v) is 3.46. The Morgan fingerprint density at radius 2 is 2.21 bits per heavy atom. The number of hydrogen-bond acceptors (Lipinski definition) is 1. The Hall–Kier alpha value is -1.81. The van der Waals surface area contributed by atoms with E-state index < -0.39 is 0 Å². The Kier molecular flexibility index (Phi) is 3.90. The molecule has 0 fully saturated rings. The van der Waals surface area contributed by atoms with Crippen molar-refractivity contribution in [2.45, 2.75) is 20.4 Å². The summed E-state index contributed by atoms with van der Waals surface area (Å²) < 4.78 is 3.69. The van der Waals surface area contributed by atoms with Gasteiger partial charge in [0.25, 0.3) is 0 Å². The number of halogens is 1. The van der Waals surface area contributed by atoms with Gasteiger partial charge >= 0.3 is 11.7 Å². The highest BCUT2D eigenvalue weighted by molar-refractivity contribution is 6.31. The number of amides is 1. The number of aromatic nitrogens is 2. The van der Waals surface area contributed by atoms with Crippen molar-refractivity contribution < 1.29 is 9.36 Å². The predicted octanol–water partition coefficient (Wildman–Crippen LogP) is 2.55. The van der Waals surface area contributed by atoms with Gasteiger partial charge in [-0.15, -0.1) is 0 Å². The smallest absolute Gasteiger partial charge is 0.315 e. The fourth-order valence-electron chi connectivity index (χ4n) is 1.93. The van der Waals surface area contributed by atoms with Crippen molar-refractivity contribution in [2.75, 3.05) is 5.32 Å². The van der Waals surface area contributed by atoms with Crippen LogP contribution in [0.1, 0.15) is 23.1 Å². The molecule has 0 bridgehead atoms. The molecule has 2 rings (SSSR count). The largest absolute Gasteiger partial charge is 0.348 e. The number of rotatable bonds is 3. The molecule has 1 N–H and O–H groups in total. The molecule has 0 aliphatic heterocycles. The van der Waals surface area contributed by atoms with Gasteiger partial charge in [-0.1, -0.05) is 17.7 Å². The van der Waals surface area contributed by atoms with Crippen LogP contribution in [0.25, 0.3) is 0 Å². The van der Waals surface area contributed by atoms with Crippen LogP contribution in [0.4, 0.5) is 5.69 Å². The van der Waals surface area contributed by atoms with E-state index in [0.717, 1.165) is 12.1 Å². The molecular formula is C14H17ClN3O+. The average molecular weight is 279 g/mol. The average Bonchev–Trinajstić information content (AvgIpc) is 2.75. The second-order valence-electron chi connectivity index (χ2n) is 4.44. The first-order chi connectivity index (χ1) is 9.02. The Morgan fingerprint density at radius 3 is 2.84 bits per heavy atom. The number of nitrogens with zero attached hydrogens (tertiary/aromatic N) is 2. The molecule has 1 heterocycles. The van der Waals surface area contributed by atoms with Crippen LogP contribution >= 0.6 is 11.6 Å². The zero-order valence-corrected chi connectivity index (χ0v) is 12.0. The Morgan fingerprint density at radius 1 is 1.47 bits per heavy atom. The number of benzene rings is 1. The van der Waals surface area contributed by atoms with Gasteiger partial charge in [-0.25, -0.2) is 9.13 Å². The van der Waals surface area contributed by atoms with Gasteiger partial charge in [0.05, 0.1) is 13.6 Å². The quantitative estimate of drug-likeness (QED) is 0.861. The third kappa shape index (κ3) is 2.79. The highest BCUT2D eigenvalue weighted by atomic mass is 35.5. The summed E-state index contributed by atoms with van der Waals surface area (Å²) in [6.45, 7) is 4.67. The van der Waals surface area contributed by atoms with E-state index >= 15 is 0 Å². The van der Waals surface area contributed by atoms with Gasteiger partial charge in [-0.3, -0.25) is 4.79 Å². The Balaban J connectivity index is 2.25. The molecule has 0 saturated heterocycles. The van der Waals surface area contributed by atoms with Crippen molar-refractivity contribution in [3.63, 3.8) is 0 Å². The number of anilines is 1. The van der Waals surface area contributed by atoms with E-state index in [1.165, 1.54) is 0 Å². The van der Waals surface area contributed by atoms with Gasteiger partial charge in [0, 0.05) is 10.7 Å². The summed E-state index contributed by atoms with van der Waals surface area (Å²) in [7, 11) is 1.85. The molecule has 2 aromatic rings. The molecule has 1 amide bonds. The lowest BCUT2D eigenvalue weighted by atomic mass is 10.2. The number of carbonyl (C=O) groups excluding carboxylic acids is 1. The number of imidazole rings is 1. The van der Waals surface area contributed by atoms with E-state index in [2.05, 4.69) is 5.32 Å². The first-order valence-electron chi connectivity index (χ1n) is 6.15. The van der Waals surface area contributed by atoms with E-state index in [1.807, 2.05) is 50.0 Å². The number of aryl methyl sites for hydroxylation is 3. The maximum absolute atomic E-state index is 12.3. The van der Waals surface area contributed by atoms with E-state index in [4.69, 9.17) is 11.6 Å². The van der Waals surface area contributed by atoms with Gasteiger partial charge in [0.1, 0.15) is 12.4 Å². The summed E-state index contributed by atoms with van der Waals surface area (Å²) >= 11 is 6.05. The first-order valence-corrected chi connectivity index (χ1v) is 6.53. The molecular weight excluding hydrogens is 262 g/mol. The topological polar surface area (TPSA) is 37.9 Å². The molecule has 0 unspecified atom stereocenters. The molecule has 4 nitrogen and oxygen atoms in total. The maximum Gasteiger partial charge on any atom is 0.348 e. The van der Waals surface area contributed by atoms with E-state index in [0.29, 0.717) is 16.5 Å². The molecule has 0 saturated carbocycles. The molecule has 1 aromatic heterocycles. The summed E-state index contributed by atoms with van der Waals surface area (Å²) in [4.78, 5) is 12.3. The van der Waals surface area contributed by atoms with Crippen molar-refractivity contribution in [3.05, 3.63) is 47.0 Å². The zero-order valence-electron chi connectivity index (χ0n) is 11.3. The normalized spacial score (nSPS) is 10.5. The molecule has 19 heavy (non-hydrogen) atoms. The molecule has 1 aromatic carbocycles. The third-order valence-electron chi connectivity index (χ3n) is 3.05. The highest BCUT2D eigenvalue weighted by Crippen LogP contribution is 2.20. The van der Waals surface area contributed by atoms with Gasteiger partial charge in [0.15, 0.2) is 0 Å². The molecule has 0 radical (unpaired) electrons. The van der Waals surface area contributed by atoms with Crippen molar-refractivity contribution in [1.82, 2.24) is 4.57 Å². The first kappa shape index (κ1) is 13.6. The summed E-state index contributed by atoms with van der Waals surface area (Å²) in [5.74, 6) is 0.466. The minimum atomic E-state index is -0.144. The summed E-state index contributed by atoms with van der Waals surface area (Å²) in [6.07, 6.45) is 3.75. The fraction of sp³-hybridized carbons (Fsp3) is 0.286. The van der Waals surface area contributed by atoms with Crippen LogP contribution in [0.5, 0.6) is 0 Å². The van der Waals surface area contributed by atoms with Gasteiger partial charge in [-0.05, 0) is 31.5 Å². The standard InChI is InChI=1S/C14H16ClN3O/c1-4-18-8-7-17(3)14(18)13(19)16-11-6-5-10(2)12(15)9-11/h5-9H,4H2,1-3H3/p+1. The van der Waals surface area contributed by atoms with Crippen molar-refractivity contribution in [2.24, 2.45) is 7.05 Å². The minimum Gasteiger partial charge on any atom is -0.315 e. The second-order valence-corrected chi connectivity index (χ2v) is 4.84. The van der Waals surface area contributed by atoms with Crippen LogP contribution in [-0.4, -0.2) is 10.5 Å². The van der Waals surface area contributed by atoms with Crippen LogP contribution in [0.15, 0.2) is 30.6 Å². The van der Waals surface area contributed by atoms with Crippen LogP contribution in [0.3, 0.4) is 0 Å². The van der Waals surface area contributed by atoms with Crippen molar-refractivity contribution in [3.8, 4) is 0 Å². The van der Waals surface area contributed by atoms with Crippen LogP contribution in [-0.2, 0) is 13.6 Å². The zero-order chi connectivity index (χ0) is 14.0. The molecule has 5 heteroatoms. The molecule has 100 valence electrons. The van der Waals surface area contributed by atoms with Crippen molar-refractivity contribution in [1.29, 1.82) is 0 Å². The lowest BCUT2D eigenvalue weighted by Crippen LogP contribution is -2.37. The highest BCUT2D eigenvalue weighted by Gasteiger charge is 2.22. The second kappa shape index (κ2) is 5.45. The minimum absolute atomic E-state index is 0.144. The van der Waals surface area contributed by atoms with E-state index in [9.17, 15) is 4.79 Å².